The number of hydrogen-bond donors (Lipinski definition) is 0. The Morgan fingerprint density at radius 2 is 1.92 bits per heavy atom. The van der Waals surface area contributed by atoms with Gasteiger partial charge in [-0.05, 0) is 48.5 Å². The predicted octanol–water partition coefficient (Wildman–Crippen LogP) is 4.29. The maximum Gasteiger partial charge on any atom is 0.238 e. The lowest BCUT2D eigenvalue weighted by atomic mass is 10.1. The van der Waals surface area contributed by atoms with Crippen LogP contribution in [-0.4, -0.2) is 16.1 Å². The Kier molecular flexibility index (Phi) is 4.87. The zero-order chi connectivity index (χ0) is 18.7. The Bertz CT molecular complexity index is 1040. The van der Waals surface area contributed by atoms with Crippen LogP contribution in [0.2, 0.25) is 5.02 Å². The SMILES string of the molecule is Cn1cc(C(=O)c2ccc(Cl)cc2)cc1/C=C(\C#N)C(=O)c1ccco1. The molecule has 128 valence electrons. The predicted molar refractivity (Wildman–Crippen MR) is 96.9 cm³/mol. The first-order valence-electron chi connectivity index (χ1n) is 7.66. The highest BCUT2D eigenvalue weighted by atomic mass is 35.5. The topological polar surface area (TPSA) is 76.0 Å². The highest BCUT2D eigenvalue weighted by Gasteiger charge is 2.17. The molecule has 3 aromatic rings. The molecule has 6 heteroatoms. The van der Waals surface area contributed by atoms with Crippen LogP contribution in [0, 0.1) is 11.3 Å². The second-order valence-electron chi connectivity index (χ2n) is 5.58. The first kappa shape index (κ1) is 17.5. The quantitative estimate of drug-likeness (QED) is 0.384. The summed E-state index contributed by atoms with van der Waals surface area (Å²) in [7, 11) is 1.73. The number of Topliss-reactive ketones (excluding diaryl/α,β-unsaturated/α-hetero) is 1. The molecule has 0 N–H and O–H groups in total. The van der Waals surface area contributed by atoms with Gasteiger partial charge in [-0.2, -0.15) is 5.26 Å². The van der Waals surface area contributed by atoms with Crippen molar-refractivity contribution in [1.29, 1.82) is 5.26 Å². The van der Waals surface area contributed by atoms with Gasteiger partial charge in [0, 0.05) is 35.1 Å². The fourth-order valence-electron chi connectivity index (χ4n) is 2.45. The Labute approximate surface area is 154 Å². The number of carbonyl (C=O) groups excluding carboxylic acids is 2. The van der Waals surface area contributed by atoms with Crippen molar-refractivity contribution in [3.63, 3.8) is 0 Å². The minimum atomic E-state index is -0.510. The summed E-state index contributed by atoms with van der Waals surface area (Å²) in [6, 6.07) is 13.2. The molecule has 0 saturated heterocycles. The molecule has 0 amide bonds. The van der Waals surface area contributed by atoms with Crippen molar-refractivity contribution in [3.8, 4) is 6.07 Å². The van der Waals surface area contributed by atoms with Crippen LogP contribution >= 0.6 is 11.6 Å². The van der Waals surface area contributed by atoms with E-state index in [0.29, 0.717) is 21.8 Å². The minimum Gasteiger partial charge on any atom is -0.461 e. The minimum absolute atomic E-state index is 0.0772. The highest BCUT2D eigenvalue weighted by Crippen LogP contribution is 2.19. The number of benzene rings is 1. The lowest BCUT2D eigenvalue weighted by molar-refractivity contribution is 0.101. The number of allylic oxidation sites excluding steroid dienone is 1. The Hall–Kier alpha value is -3.36. The number of hydrogen-bond acceptors (Lipinski definition) is 4. The maximum atomic E-state index is 12.6. The number of halogens is 1. The van der Waals surface area contributed by atoms with E-state index in [4.69, 9.17) is 16.0 Å². The molecule has 0 aliphatic heterocycles. The normalized spacial score (nSPS) is 11.2. The van der Waals surface area contributed by atoms with Gasteiger partial charge in [-0.1, -0.05) is 11.6 Å². The van der Waals surface area contributed by atoms with E-state index in [-0.39, 0.29) is 17.1 Å². The van der Waals surface area contributed by atoms with E-state index in [1.807, 2.05) is 6.07 Å². The van der Waals surface area contributed by atoms with E-state index < -0.39 is 5.78 Å². The average molecular weight is 365 g/mol. The number of nitrogens with zero attached hydrogens (tertiary/aromatic N) is 2. The smallest absolute Gasteiger partial charge is 0.238 e. The van der Waals surface area contributed by atoms with Crippen molar-refractivity contribution >= 4 is 29.2 Å². The zero-order valence-corrected chi connectivity index (χ0v) is 14.5. The van der Waals surface area contributed by atoms with Gasteiger partial charge in [0.25, 0.3) is 0 Å². The van der Waals surface area contributed by atoms with Gasteiger partial charge in [-0.25, -0.2) is 0 Å². The van der Waals surface area contributed by atoms with E-state index in [1.54, 1.807) is 54.2 Å². The highest BCUT2D eigenvalue weighted by molar-refractivity contribution is 6.30. The molecule has 3 rings (SSSR count). The fourth-order valence-corrected chi connectivity index (χ4v) is 2.58. The van der Waals surface area contributed by atoms with Gasteiger partial charge in [0.05, 0.1) is 6.26 Å². The van der Waals surface area contributed by atoms with Crippen molar-refractivity contribution in [2.24, 2.45) is 7.05 Å². The summed E-state index contributed by atoms with van der Waals surface area (Å²) < 4.78 is 6.72. The Morgan fingerprint density at radius 1 is 1.19 bits per heavy atom. The number of nitriles is 1. The number of aromatic nitrogens is 1. The molecule has 0 fully saturated rings. The van der Waals surface area contributed by atoms with E-state index in [1.165, 1.54) is 18.4 Å². The van der Waals surface area contributed by atoms with Crippen molar-refractivity contribution < 1.29 is 14.0 Å². The van der Waals surface area contributed by atoms with Crippen LogP contribution in [0.1, 0.15) is 32.2 Å². The second kappa shape index (κ2) is 7.26. The van der Waals surface area contributed by atoms with Crippen molar-refractivity contribution in [2.45, 2.75) is 0 Å². The van der Waals surface area contributed by atoms with Crippen LogP contribution in [0.4, 0.5) is 0 Å². The molecular formula is C20H13ClN2O3. The lowest BCUT2D eigenvalue weighted by Gasteiger charge is -1.98. The van der Waals surface area contributed by atoms with E-state index >= 15 is 0 Å². The summed E-state index contributed by atoms with van der Waals surface area (Å²) in [6.07, 6.45) is 4.45. The van der Waals surface area contributed by atoms with Gasteiger partial charge in [0.1, 0.15) is 11.6 Å². The van der Waals surface area contributed by atoms with Crippen molar-refractivity contribution in [1.82, 2.24) is 4.57 Å². The van der Waals surface area contributed by atoms with E-state index in [2.05, 4.69) is 0 Å². The van der Waals surface area contributed by atoms with Crippen molar-refractivity contribution in [2.75, 3.05) is 0 Å². The number of aryl methyl sites for hydroxylation is 1. The van der Waals surface area contributed by atoms with E-state index in [9.17, 15) is 14.9 Å². The van der Waals surface area contributed by atoms with Crippen LogP contribution < -0.4 is 0 Å². The van der Waals surface area contributed by atoms with Crippen LogP contribution in [0.5, 0.6) is 0 Å². The van der Waals surface area contributed by atoms with Gasteiger partial charge in [-0.15, -0.1) is 0 Å². The lowest BCUT2D eigenvalue weighted by Crippen LogP contribution is -2.01. The summed E-state index contributed by atoms with van der Waals surface area (Å²) in [6.45, 7) is 0. The standard InChI is InChI=1S/C20H13ClN2O3/c1-23-12-15(19(24)13-4-6-16(21)7-5-13)10-17(23)9-14(11-22)20(25)18-3-2-8-26-18/h2-10,12H,1H3/b14-9+. The largest absolute Gasteiger partial charge is 0.461 e. The molecule has 0 unspecified atom stereocenters. The number of rotatable bonds is 5. The number of carbonyl (C=O) groups is 2. The summed E-state index contributed by atoms with van der Waals surface area (Å²) in [5, 5.41) is 9.85. The first-order valence-corrected chi connectivity index (χ1v) is 8.04. The van der Waals surface area contributed by atoms with Crippen LogP contribution in [0.25, 0.3) is 6.08 Å². The molecule has 2 heterocycles. The third-order valence-corrected chi connectivity index (χ3v) is 4.07. The Morgan fingerprint density at radius 3 is 2.54 bits per heavy atom. The van der Waals surface area contributed by atoms with Gasteiger partial charge in [-0.3, -0.25) is 9.59 Å². The molecule has 0 aliphatic carbocycles. The molecule has 0 aliphatic rings. The molecule has 0 atom stereocenters. The van der Waals surface area contributed by atoms with Gasteiger partial charge in [0.2, 0.25) is 5.78 Å². The molecule has 0 bridgehead atoms. The molecule has 5 nitrogen and oxygen atoms in total. The summed E-state index contributed by atoms with van der Waals surface area (Å²) in [4.78, 5) is 24.8. The molecule has 1 aromatic carbocycles. The number of furan rings is 1. The summed E-state index contributed by atoms with van der Waals surface area (Å²) in [5.74, 6) is -0.596. The molecule has 0 spiro atoms. The Balaban J connectivity index is 1.92. The molecule has 2 aromatic heterocycles. The van der Waals surface area contributed by atoms with Gasteiger partial charge >= 0.3 is 0 Å². The zero-order valence-electron chi connectivity index (χ0n) is 13.8. The average Bonchev–Trinajstić information content (AvgIpc) is 3.29. The second-order valence-corrected chi connectivity index (χ2v) is 6.01. The first-order chi connectivity index (χ1) is 12.5. The van der Waals surface area contributed by atoms with Crippen LogP contribution in [-0.2, 0) is 7.05 Å². The third kappa shape index (κ3) is 3.51. The summed E-state index contributed by atoms with van der Waals surface area (Å²) >= 11 is 5.84. The van der Waals surface area contributed by atoms with Crippen LogP contribution in [0.15, 0.2) is 64.9 Å². The third-order valence-electron chi connectivity index (χ3n) is 3.81. The summed E-state index contributed by atoms with van der Waals surface area (Å²) in [5.41, 5.74) is 1.43. The molecular weight excluding hydrogens is 352 g/mol. The molecule has 0 radical (unpaired) electrons. The number of ketones is 2. The fraction of sp³-hybridized carbons (Fsp3) is 0.0500. The van der Waals surface area contributed by atoms with Crippen LogP contribution in [0.3, 0.4) is 0 Å². The monoisotopic (exact) mass is 364 g/mol. The molecule has 26 heavy (non-hydrogen) atoms. The molecule has 0 saturated carbocycles. The maximum absolute atomic E-state index is 12.6. The van der Waals surface area contributed by atoms with Crippen molar-refractivity contribution in [3.05, 3.63) is 88.1 Å². The van der Waals surface area contributed by atoms with E-state index in [0.717, 1.165) is 0 Å². The van der Waals surface area contributed by atoms with Gasteiger partial charge < -0.3 is 8.98 Å². The van der Waals surface area contributed by atoms with Gasteiger partial charge in [0.15, 0.2) is 11.5 Å².